The number of anilines is 3. The highest BCUT2D eigenvalue weighted by atomic mass is 16.6. The number of hydrogen-bond acceptors (Lipinski definition) is 7. The minimum atomic E-state index is -1.20. The number of nitrogens with zero attached hydrogens (tertiary/aromatic N) is 1. The van der Waals surface area contributed by atoms with Gasteiger partial charge in [0.05, 0.1) is 23.9 Å². The highest BCUT2D eigenvalue weighted by Gasteiger charge is 2.53. The summed E-state index contributed by atoms with van der Waals surface area (Å²) in [6, 6.07) is 30.9. The fourth-order valence-electron chi connectivity index (χ4n) is 6.30. The van der Waals surface area contributed by atoms with E-state index in [1.807, 2.05) is 84.9 Å². The number of fused-ring (bicyclic) bond motifs is 7. The quantitative estimate of drug-likeness (QED) is 0.209. The van der Waals surface area contributed by atoms with Gasteiger partial charge in [0.2, 0.25) is 0 Å². The van der Waals surface area contributed by atoms with Gasteiger partial charge in [0, 0.05) is 47.2 Å². The number of methoxy groups -OCH3 is 1. The average molecular weight is 571 g/mol. The lowest BCUT2D eigenvalue weighted by Gasteiger charge is -2.37. The van der Waals surface area contributed by atoms with Crippen LogP contribution in [0, 0.1) is 0 Å². The van der Waals surface area contributed by atoms with E-state index in [0.717, 1.165) is 40.7 Å². The summed E-state index contributed by atoms with van der Waals surface area (Å²) in [5.74, 6) is 0.404. The van der Waals surface area contributed by atoms with Crippen molar-refractivity contribution in [3.05, 3.63) is 125 Å². The monoisotopic (exact) mass is 570 g/mol. The molecule has 0 radical (unpaired) electrons. The maximum Gasteiger partial charge on any atom is 0.340 e. The summed E-state index contributed by atoms with van der Waals surface area (Å²) in [7, 11) is 1.37. The number of nitrogens with one attached hydrogen (secondary N) is 1. The molecule has 5 aromatic carbocycles. The van der Waals surface area contributed by atoms with E-state index in [1.54, 1.807) is 6.07 Å². The first-order valence-corrected chi connectivity index (χ1v) is 14.4. The number of esters is 2. The zero-order valence-corrected chi connectivity index (χ0v) is 24.1. The molecule has 5 aromatic rings. The van der Waals surface area contributed by atoms with Crippen molar-refractivity contribution in [1.29, 1.82) is 0 Å². The van der Waals surface area contributed by atoms with E-state index in [1.165, 1.54) is 7.11 Å². The van der Waals surface area contributed by atoms with Crippen molar-refractivity contribution in [2.24, 2.45) is 0 Å². The summed E-state index contributed by atoms with van der Waals surface area (Å²) in [5.41, 5.74) is 4.28. The number of benzene rings is 5. The molecule has 1 atom stereocenters. The van der Waals surface area contributed by atoms with Crippen molar-refractivity contribution in [3.63, 3.8) is 0 Å². The lowest BCUT2D eigenvalue weighted by atomic mass is 9.77. The van der Waals surface area contributed by atoms with Gasteiger partial charge in [-0.2, -0.15) is 0 Å². The summed E-state index contributed by atoms with van der Waals surface area (Å²) in [4.78, 5) is 28.4. The summed E-state index contributed by atoms with van der Waals surface area (Å²) in [6.07, 6.45) is 0. The Bertz CT molecular complexity index is 1930. The first kappa shape index (κ1) is 26.6. The van der Waals surface area contributed by atoms with E-state index in [2.05, 4.69) is 30.1 Å². The number of carbonyl (C=O) groups is 2. The number of carbonyl (C=O) groups excluding carboxylic acids is 2. The van der Waals surface area contributed by atoms with Crippen molar-refractivity contribution in [2.75, 3.05) is 30.4 Å². The molecule has 0 saturated carbocycles. The van der Waals surface area contributed by atoms with Gasteiger partial charge >= 0.3 is 11.9 Å². The Hall–Kier alpha value is -5.30. The number of rotatable bonds is 6. The number of ether oxygens (including phenoxy) is 3. The zero-order chi connectivity index (χ0) is 29.7. The summed E-state index contributed by atoms with van der Waals surface area (Å²) >= 11 is 0. The third-order valence-corrected chi connectivity index (χ3v) is 8.39. The van der Waals surface area contributed by atoms with Gasteiger partial charge in [-0.05, 0) is 73.2 Å². The fourth-order valence-corrected chi connectivity index (χ4v) is 6.30. The highest BCUT2D eigenvalue weighted by molar-refractivity contribution is 6.02. The molecular formula is C36H30N2O5. The second-order valence-corrected chi connectivity index (χ2v) is 10.6. The lowest BCUT2D eigenvalue weighted by Crippen LogP contribution is -2.33. The average Bonchev–Trinajstić information content (AvgIpc) is 3.33. The van der Waals surface area contributed by atoms with Gasteiger partial charge in [0.1, 0.15) is 11.5 Å². The summed E-state index contributed by atoms with van der Waals surface area (Å²) in [6.45, 7) is 5.94. The van der Waals surface area contributed by atoms with Gasteiger partial charge in [-0.15, -0.1) is 0 Å². The normalized spacial score (nSPS) is 16.1. The largest absolute Gasteiger partial charge is 0.465 e. The van der Waals surface area contributed by atoms with Crippen LogP contribution >= 0.6 is 0 Å². The molecule has 7 rings (SSSR count). The molecule has 0 saturated heterocycles. The Morgan fingerprint density at radius 3 is 2.33 bits per heavy atom. The molecule has 2 aliphatic rings. The molecule has 0 bridgehead atoms. The molecule has 1 unspecified atom stereocenters. The molecule has 214 valence electrons. The maximum absolute atomic E-state index is 13.3. The maximum atomic E-state index is 13.3. The van der Waals surface area contributed by atoms with E-state index < -0.39 is 11.6 Å². The molecule has 0 aromatic heterocycles. The van der Waals surface area contributed by atoms with Crippen molar-refractivity contribution in [3.8, 4) is 11.5 Å². The van der Waals surface area contributed by atoms with Crippen molar-refractivity contribution in [1.82, 2.24) is 0 Å². The Morgan fingerprint density at radius 2 is 1.56 bits per heavy atom. The van der Waals surface area contributed by atoms with Crippen LogP contribution in [0.25, 0.3) is 10.8 Å². The van der Waals surface area contributed by atoms with Crippen LogP contribution in [0.2, 0.25) is 0 Å². The summed E-state index contributed by atoms with van der Waals surface area (Å²) < 4.78 is 18.0. The molecule has 0 fully saturated rings. The van der Waals surface area contributed by atoms with Crippen LogP contribution in [0.15, 0.2) is 97.1 Å². The van der Waals surface area contributed by atoms with Gasteiger partial charge in [0.15, 0.2) is 5.60 Å². The van der Waals surface area contributed by atoms with E-state index in [0.29, 0.717) is 39.6 Å². The van der Waals surface area contributed by atoms with Crippen molar-refractivity contribution < 1.29 is 23.8 Å². The minimum Gasteiger partial charge on any atom is -0.465 e. The van der Waals surface area contributed by atoms with Gasteiger partial charge < -0.3 is 24.4 Å². The number of hydrogen-bond donors (Lipinski definition) is 1. The standard InChI is InChI=1S/C36H30N2O5/c1-4-38(5-2)25-15-16-29-33(21-25)42-32-17-14-24(20-30(32)36(29)28-13-9-8-12-26(28)35(40)43-36)37-31-19-23-11-7-6-10-22(23)18-27(31)34(39)41-3/h6-21,37H,4-5H2,1-3H3. The first-order chi connectivity index (χ1) is 21.0. The third kappa shape index (κ3) is 4.11. The van der Waals surface area contributed by atoms with Crippen LogP contribution in [0.1, 0.15) is 51.3 Å². The van der Waals surface area contributed by atoms with Gasteiger partial charge in [0.25, 0.3) is 0 Å². The molecule has 1 N–H and O–H groups in total. The van der Waals surface area contributed by atoms with Crippen LogP contribution in [-0.4, -0.2) is 32.1 Å². The summed E-state index contributed by atoms with van der Waals surface area (Å²) in [5, 5.41) is 5.34. The topological polar surface area (TPSA) is 77.1 Å². The van der Waals surface area contributed by atoms with Gasteiger partial charge in [-0.3, -0.25) is 0 Å². The Morgan fingerprint density at radius 1 is 0.814 bits per heavy atom. The Balaban J connectivity index is 1.40. The lowest BCUT2D eigenvalue weighted by molar-refractivity contribution is 0.0224. The van der Waals surface area contributed by atoms with Crippen LogP contribution < -0.4 is 15.0 Å². The van der Waals surface area contributed by atoms with Gasteiger partial charge in [-0.25, -0.2) is 9.59 Å². The second kappa shape index (κ2) is 10.2. The molecule has 7 nitrogen and oxygen atoms in total. The molecule has 43 heavy (non-hydrogen) atoms. The first-order valence-electron chi connectivity index (χ1n) is 14.4. The SMILES string of the molecule is CCN(CC)c1ccc2c(c1)Oc1ccc(Nc3cc4ccccc4cc3C(=O)OC)cc1C21OC(=O)c2ccccc21. The van der Waals surface area contributed by atoms with Crippen LogP contribution in [0.5, 0.6) is 11.5 Å². The third-order valence-electron chi connectivity index (χ3n) is 8.39. The molecule has 1 spiro atoms. The molecule has 2 aliphatic heterocycles. The van der Waals surface area contributed by atoms with E-state index in [4.69, 9.17) is 14.2 Å². The minimum absolute atomic E-state index is 0.386. The van der Waals surface area contributed by atoms with Crippen molar-refractivity contribution >= 4 is 39.8 Å². The van der Waals surface area contributed by atoms with E-state index in [-0.39, 0.29) is 5.97 Å². The molecular weight excluding hydrogens is 540 g/mol. The fraction of sp³-hybridized carbons (Fsp3) is 0.167. The van der Waals surface area contributed by atoms with Crippen LogP contribution in [0.3, 0.4) is 0 Å². The predicted molar refractivity (Wildman–Crippen MR) is 167 cm³/mol. The smallest absolute Gasteiger partial charge is 0.340 e. The molecule has 2 heterocycles. The van der Waals surface area contributed by atoms with Crippen molar-refractivity contribution in [2.45, 2.75) is 19.4 Å². The molecule has 7 heteroatoms. The van der Waals surface area contributed by atoms with E-state index >= 15 is 0 Å². The van der Waals surface area contributed by atoms with Crippen LogP contribution in [0.4, 0.5) is 17.1 Å². The van der Waals surface area contributed by atoms with E-state index in [9.17, 15) is 9.59 Å². The predicted octanol–water partition coefficient (Wildman–Crippen LogP) is 7.78. The molecule has 0 amide bonds. The molecule has 0 aliphatic carbocycles. The highest BCUT2D eigenvalue weighted by Crippen LogP contribution is 2.57. The second-order valence-electron chi connectivity index (χ2n) is 10.6. The van der Waals surface area contributed by atoms with Crippen LogP contribution in [-0.2, 0) is 15.1 Å². The zero-order valence-electron chi connectivity index (χ0n) is 24.1. The Kier molecular flexibility index (Phi) is 6.31. The Labute approximate surface area is 249 Å². The van der Waals surface area contributed by atoms with Gasteiger partial charge in [-0.1, -0.05) is 42.5 Å².